The van der Waals surface area contributed by atoms with Gasteiger partial charge in [0.15, 0.2) is 0 Å². The molecule has 0 saturated heterocycles. The topological polar surface area (TPSA) is 26.0 Å². The summed E-state index contributed by atoms with van der Waals surface area (Å²) in [6.07, 6.45) is 8.21. The lowest BCUT2D eigenvalue weighted by Gasteiger charge is -2.37. The van der Waals surface area contributed by atoms with E-state index in [0.717, 1.165) is 6.54 Å². The second-order valence-electron chi connectivity index (χ2n) is 6.79. The molecule has 2 heteroatoms. The number of rotatable bonds is 8. The van der Waals surface area contributed by atoms with E-state index in [4.69, 9.17) is 5.73 Å². The zero-order valence-corrected chi connectivity index (χ0v) is 13.2. The van der Waals surface area contributed by atoms with E-state index in [0.29, 0.717) is 5.04 Å². The van der Waals surface area contributed by atoms with Crippen molar-refractivity contribution < 1.29 is 0 Å². The zero-order valence-electron chi connectivity index (χ0n) is 12.2. The molecule has 98 valence electrons. The number of nitrogens with two attached hydrogens (primary N) is 1. The van der Waals surface area contributed by atoms with Crippen molar-refractivity contribution in [1.29, 1.82) is 0 Å². The molecule has 0 rings (SSSR count). The standard InChI is InChI=1S/C14H33NSi/c1-14(2,3)16(4,5)13-11-9-7-6-8-10-12-15/h6-13,15H2,1-5H3. The van der Waals surface area contributed by atoms with Crippen molar-refractivity contribution in [1.82, 2.24) is 0 Å². The van der Waals surface area contributed by atoms with E-state index in [9.17, 15) is 0 Å². The Balaban J connectivity index is 3.51. The van der Waals surface area contributed by atoms with Crippen LogP contribution >= 0.6 is 0 Å². The Bertz CT molecular complexity index is 170. The highest BCUT2D eigenvalue weighted by Crippen LogP contribution is 2.39. The minimum Gasteiger partial charge on any atom is -0.330 e. The molecule has 0 atom stereocenters. The van der Waals surface area contributed by atoms with E-state index in [-0.39, 0.29) is 0 Å². The molecule has 0 fully saturated rings. The summed E-state index contributed by atoms with van der Waals surface area (Å²) < 4.78 is 0. The lowest BCUT2D eigenvalue weighted by molar-refractivity contribution is 0.605. The van der Waals surface area contributed by atoms with Crippen LogP contribution in [0.25, 0.3) is 0 Å². The summed E-state index contributed by atoms with van der Waals surface area (Å²) in [5.41, 5.74) is 5.48. The second kappa shape index (κ2) is 7.49. The molecule has 16 heavy (non-hydrogen) atoms. The molecule has 0 spiro atoms. The highest BCUT2D eigenvalue weighted by atomic mass is 28.3. The first-order chi connectivity index (χ1) is 7.31. The van der Waals surface area contributed by atoms with Crippen molar-refractivity contribution in [3.8, 4) is 0 Å². The Morgan fingerprint density at radius 2 is 1.25 bits per heavy atom. The third-order valence-electron chi connectivity index (χ3n) is 4.29. The Hall–Kier alpha value is 0.177. The number of hydrogen-bond donors (Lipinski definition) is 1. The normalized spacial score (nSPS) is 13.1. The van der Waals surface area contributed by atoms with Gasteiger partial charge >= 0.3 is 0 Å². The minimum absolute atomic E-state index is 0.562. The lowest BCUT2D eigenvalue weighted by Crippen LogP contribution is -2.36. The van der Waals surface area contributed by atoms with Gasteiger partial charge in [-0.3, -0.25) is 0 Å². The van der Waals surface area contributed by atoms with Gasteiger partial charge in [-0.25, -0.2) is 0 Å². The van der Waals surface area contributed by atoms with Crippen molar-refractivity contribution in [3.05, 3.63) is 0 Å². The van der Waals surface area contributed by atoms with Crippen molar-refractivity contribution in [2.24, 2.45) is 5.73 Å². The van der Waals surface area contributed by atoms with Crippen LogP contribution in [0.3, 0.4) is 0 Å². The molecule has 0 aromatic heterocycles. The first-order valence-corrected chi connectivity index (χ1v) is 10.2. The van der Waals surface area contributed by atoms with E-state index in [2.05, 4.69) is 33.9 Å². The van der Waals surface area contributed by atoms with Crippen LogP contribution in [0.4, 0.5) is 0 Å². The molecule has 0 aliphatic heterocycles. The molecular formula is C14H33NSi. The van der Waals surface area contributed by atoms with Crippen LogP contribution in [0.1, 0.15) is 59.3 Å². The monoisotopic (exact) mass is 243 g/mol. The van der Waals surface area contributed by atoms with Crippen LogP contribution in [-0.4, -0.2) is 14.6 Å². The minimum atomic E-state index is -1.00. The highest BCUT2D eigenvalue weighted by Gasteiger charge is 2.33. The van der Waals surface area contributed by atoms with E-state index >= 15 is 0 Å². The van der Waals surface area contributed by atoms with Gasteiger partial charge in [-0.2, -0.15) is 0 Å². The molecule has 1 nitrogen and oxygen atoms in total. The van der Waals surface area contributed by atoms with Crippen LogP contribution < -0.4 is 5.73 Å². The summed E-state index contributed by atoms with van der Waals surface area (Å²) in [7, 11) is -1.00. The number of unbranched alkanes of at least 4 members (excludes halogenated alkanes) is 5. The Labute approximate surface area is 104 Å². The molecule has 0 aromatic carbocycles. The smallest absolute Gasteiger partial charge is 0.0527 e. The maximum Gasteiger partial charge on any atom is 0.0527 e. The van der Waals surface area contributed by atoms with Gasteiger partial charge < -0.3 is 5.73 Å². The lowest BCUT2D eigenvalue weighted by atomic mass is 10.1. The molecule has 2 N–H and O–H groups in total. The van der Waals surface area contributed by atoms with E-state index in [1.165, 1.54) is 44.6 Å². The molecule has 0 heterocycles. The first kappa shape index (κ1) is 16.2. The average molecular weight is 244 g/mol. The Morgan fingerprint density at radius 1 is 0.812 bits per heavy atom. The van der Waals surface area contributed by atoms with Crippen LogP contribution in [0.15, 0.2) is 0 Å². The fourth-order valence-electron chi connectivity index (χ4n) is 1.79. The van der Waals surface area contributed by atoms with Gasteiger partial charge in [0.05, 0.1) is 8.07 Å². The Morgan fingerprint density at radius 3 is 1.69 bits per heavy atom. The maximum absolute atomic E-state index is 5.48. The summed E-state index contributed by atoms with van der Waals surface area (Å²) in [6.45, 7) is 13.2. The molecule has 0 aliphatic carbocycles. The summed E-state index contributed by atoms with van der Waals surface area (Å²) in [6, 6.07) is 1.49. The van der Waals surface area contributed by atoms with Gasteiger partial charge in [-0.05, 0) is 18.0 Å². The summed E-state index contributed by atoms with van der Waals surface area (Å²) in [5.74, 6) is 0. The van der Waals surface area contributed by atoms with Gasteiger partial charge in [0.1, 0.15) is 0 Å². The molecule has 0 unspecified atom stereocenters. The van der Waals surface area contributed by atoms with Crippen molar-refractivity contribution in [3.63, 3.8) is 0 Å². The predicted molar refractivity (Wildman–Crippen MR) is 78.8 cm³/mol. The van der Waals surface area contributed by atoms with Crippen LogP contribution in [0.2, 0.25) is 24.2 Å². The molecule has 0 radical (unpaired) electrons. The third-order valence-corrected chi connectivity index (χ3v) is 9.95. The summed E-state index contributed by atoms with van der Waals surface area (Å²) in [4.78, 5) is 0. The van der Waals surface area contributed by atoms with Crippen LogP contribution in [0, 0.1) is 0 Å². The third kappa shape index (κ3) is 6.69. The summed E-state index contributed by atoms with van der Waals surface area (Å²) in [5, 5.41) is 0.562. The van der Waals surface area contributed by atoms with E-state index in [1.807, 2.05) is 0 Å². The number of hydrogen-bond acceptors (Lipinski definition) is 1. The molecule has 0 aromatic rings. The van der Waals surface area contributed by atoms with Crippen LogP contribution in [0.5, 0.6) is 0 Å². The SMILES string of the molecule is CC(C)(C)[Si](C)(C)CCCCCCCCN. The van der Waals surface area contributed by atoms with Crippen LogP contribution in [-0.2, 0) is 0 Å². The van der Waals surface area contributed by atoms with Gasteiger partial charge in [0.2, 0.25) is 0 Å². The molecule has 0 saturated carbocycles. The van der Waals surface area contributed by atoms with Crippen molar-refractivity contribution in [2.45, 2.75) is 83.5 Å². The zero-order chi connectivity index (χ0) is 12.7. The molecule has 0 aliphatic rings. The largest absolute Gasteiger partial charge is 0.330 e. The fourth-order valence-corrected chi connectivity index (χ4v) is 3.68. The van der Waals surface area contributed by atoms with Gasteiger partial charge in [0, 0.05) is 0 Å². The maximum atomic E-state index is 5.48. The highest BCUT2D eigenvalue weighted by molar-refractivity contribution is 6.80. The molecule has 0 amide bonds. The molecule has 0 bridgehead atoms. The fraction of sp³-hybridized carbons (Fsp3) is 1.00. The predicted octanol–water partition coefficient (Wildman–Crippen LogP) is 4.79. The Kier molecular flexibility index (Phi) is 7.58. The average Bonchev–Trinajstić information content (AvgIpc) is 2.14. The van der Waals surface area contributed by atoms with Gasteiger partial charge in [-0.1, -0.05) is 72.0 Å². The van der Waals surface area contributed by atoms with Gasteiger partial charge in [-0.15, -0.1) is 0 Å². The van der Waals surface area contributed by atoms with E-state index < -0.39 is 8.07 Å². The second-order valence-corrected chi connectivity index (χ2v) is 12.6. The van der Waals surface area contributed by atoms with Crippen molar-refractivity contribution in [2.75, 3.05) is 6.54 Å². The molecular weight excluding hydrogens is 210 g/mol. The quantitative estimate of drug-likeness (QED) is 0.481. The van der Waals surface area contributed by atoms with E-state index in [1.54, 1.807) is 0 Å². The van der Waals surface area contributed by atoms with Crippen molar-refractivity contribution >= 4 is 8.07 Å². The first-order valence-electron chi connectivity index (χ1n) is 7.01. The summed E-state index contributed by atoms with van der Waals surface area (Å²) >= 11 is 0. The van der Waals surface area contributed by atoms with Gasteiger partial charge in [0.25, 0.3) is 0 Å².